The van der Waals surface area contributed by atoms with Gasteiger partial charge < -0.3 is 19.9 Å². The lowest BCUT2D eigenvalue weighted by molar-refractivity contribution is -0.139. The average Bonchev–Trinajstić information content (AvgIpc) is 2.56. The van der Waals surface area contributed by atoms with Crippen molar-refractivity contribution in [1.29, 1.82) is 0 Å². The molecule has 3 amide bonds. The van der Waals surface area contributed by atoms with Gasteiger partial charge in [0.2, 0.25) is 0 Å². The number of nitrogens with zero attached hydrogens (tertiary/aromatic N) is 2. The van der Waals surface area contributed by atoms with Crippen LogP contribution in [0.4, 0.5) is 4.79 Å². The minimum Gasteiger partial charge on any atom is -0.481 e. The maximum Gasteiger partial charge on any atom is 0.317 e. The van der Waals surface area contributed by atoms with Crippen molar-refractivity contribution in [3.63, 3.8) is 0 Å². The first-order valence-corrected chi connectivity index (χ1v) is 8.13. The molecule has 6 nitrogen and oxygen atoms in total. The molecule has 0 spiro atoms. The van der Waals surface area contributed by atoms with E-state index in [-0.39, 0.29) is 11.9 Å². The summed E-state index contributed by atoms with van der Waals surface area (Å²) in [6, 6.07) is 6.83. The number of carbonyl (C=O) groups excluding carboxylic acids is 2. The Bertz CT molecular complexity index is 542. The molecule has 0 bridgehead atoms. The first-order valence-electron chi connectivity index (χ1n) is 7.75. The minimum atomic E-state index is -0.577. The Labute approximate surface area is 141 Å². The summed E-state index contributed by atoms with van der Waals surface area (Å²) in [5, 5.41) is 3.39. The van der Waals surface area contributed by atoms with Crippen molar-refractivity contribution >= 4 is 23.5 Å². The van der Waals surface area contributed by atoms with Crippen molar-refractivity contribution in [2.45, 2.75) is 20.0 Å². The van der Waals surface area contributed by atoms with Crippen LogP contribution in [0, 0.1) is 0 Å². The molecule has 1 heterocycles. The Morgan fingerprint density at radius 3 is 2.30 bits per heavy atom. The number of piperazine rings is 1. The third-order valence-corrected chi connectivity index (χ3v) is 3.93. The highest BCUT2D eigenvalue weighted by Gasteiger charge is 2.27. The number of hydrogen-bond donors (Lipinski definition) is 1. The first kappa shape index (κ1) is 17.4. The first-order chi connectivity index (χ1) is 11.0. The number of rotatable bonds is 4. The smallest absolute Gasteiger partial charge is 0.317 e. The third-order valence-electron chi connectivity index (χ3n) is 3.68. The number of ether oxygens (including phenoxy) is 1. The van der Waals surface area contributed by atoms with Gasteiger partial charge in [0, 0.05) is 37.7 Å². The van der Waals surface area contributed by atoms with Crippen molar-refractivity contribution in [3.8, 4) is 5.75 Å². The molecule has 1 aliphatic heterocycles. The van der Waals surface area contributed by atoms with E-state index in [4.69, 9.17) is 16.3 Å². The zero-order valence-electron chi connectivity index (χ0n) is 13.4. The fraction of sp³-hybridized carbons (Fsp3) is 0.500. The molecular formula is C16H22ClN3O3. The Kier molecular flexibility index (Phi) is 6.10. The molecule has 1 aromatic carbocycles. The van der Waals surface area contributed by atoms with Gasteiger partial charge in [0.05, 0.1) is 0 Å². The Hall–Kier alpha value is -1.95. The second kappa shape index (κ2) is 8.06. The van der Waals surface area contributed by atoms with Crippen molar-refractivity contribution in [1.82, 2.24) is 15.1 Å². The monoisotopic (exact) mass is 339 g/mol. The lowest BCUT2D eigenvalue weighted by Crippen LogP contribution is -2.55. The number of carbonyl (C=O) groups is 2. The number of benzene rings is 1. The zero-order chi connectivity index (χ0) is 16.8. The molecule has 1 saturated heterocycles. The molecule has 1 N–H and O–H groups in total. The fourth-order valence-corrected chi connectivity index (χ4v) is 2.54. The fourth-order valence-electron chi connectivity index (χ4n) is 2.42. The number of hydrogen-bond acceptors (Lipinski definition) is 3. The van der Waals surface area contributed by atoms with E-state index < -0.39 is 6.10 Å². The second-order valence-electron chi connectivity index (χ2n) is 5.36. The number of urea groups is 1. The van der Waals surface area contributed by atoms with Crippen LogP contribution in [-0.4, -0.2) is 60.6 Å². The quantitative estimate of drug-likeness (QED) is 0.912. The molecular weight excluding hydrogens is 318 g/mol. The van der Waals surface area contributed by atoms with Gasteiger partial charge in [-0.25, -0.2) is 4.79 Å². The summed E-state index contributed by atoms with van der Waals surface area (Å²) in [7, 11) is 0. The standard InChI is InChI=1S/C16H22ClN3O3/c1-3-18-16(22)20-10-8-19(9-11-20)15(21)12(2)23-14-6-4-13(17)5-7-14/h4-7,12H,3,8-11H2,1-2H3,(H,18,22). The van der Waals surface area contributed by atoms with Gasteiger partial charge in [0.15, 0.2) is 6.10 Å². The van der Waals surface area contributed by atoms with Crippen molar-refractivity contribution in [2.75, 3.05) is 32.7 Å². The molecule has 1 aromatic rings. The van der Waals surface area contributed by atoms with Crippen molar-refractivity contribution in [3.05, 3.63) is 29.3 Å². The van der Waals surface area contributed by atoms with Crippen molar-refractivity contribution < 1.29 is 14.3 Å². The number of halogens is 1. The summed E-state index contributed by atoms with van der Waals surface area (Å²) in [5.41, 5.74) is 0. The van der Waals surface area contributed by atoms with Gasteiger partial charge in [0.1, 0.15) is 5.75 Å². The summed E-state index contributed by atoms with van der Waals surface area (Å²) < 4.78 is 5.65. The van der Waals surface area contributed by atoms with E-state index in [2.05, 4.69) is 5.32 Å². The molecule has 1 aliphatic rings. The van der Waals surface area contributed by atoms with Crippen LogP contribution in [0.1, 0.15) is 13.8 Å². The zero-order valence-corrected chi connectivity index (χ0v) is 14.2. The minimum absolute atomic E-state index is 0.0736. The van der Waals surface area contributed by atoms with Crippen LogP contribution >= 0.6 is 11.6 Å². The Morgan fingerprint density at radius 2 is 1.74 bits per heavy atom. The highest BCUT2D eigenvalue weighted by atomic mass is 35.5. The van der Waals surface area contributed by atoms with Gasteiger partial charge in [-0.05, 0) is 38.1 Å². The van der Waals surface area contributed by atoms with Gasteiger partial charge >= 0.3 is 6.03 Å². The Balaban J connectivity index is 1.84. The maximum atomic E-state index is 12.4. The Morgan fingerprint density at radius 1 is 1.17 bits per heavy atom. The maximum absolute atomic E-state index is 12.4. The molecule has 126 valence electrons. The topological polar surface area (TPSA) is 61.9 Å². The molecule has 7 heteroatoms. The van der Waals surface area contributed by atoms with E-state index in [9.17, 15) is 9.59 Å². The van der Waals surface area contributed by atoms with Gasteiger partial charge in [-0.2, -0.15) is 0 Å². The van der Waals surface area contributed by atoms with E-state index in [1.165, 1.54) is 0 Å². The largest absolute Gasteiger partial charge is 0.481 e. The molecule has 0 saturated carbocycles. The summed E-state index contributed by atoms with van der Waals surface area (Å²) in [5.74, 6) is 0.534. The summed E-state index contributed by atoms with van der Waals surface area (Å²) in [6.45, 7) is 6.32. The summed E-state index contributed by atoms with van der Waals surface area (Å²) >= 11 is 5.83. The van der Waals surface area contributed by atoms with E-state index in [0.29, 0.717) is 43.5 Å². The van der Waals surface area contributed by atoms with Crippen LogP contribution in [-0.2, 0) is 4.79 Å². The highest BCUT2D eigenvalue weighted by Crippen LogP contribution is 2.17. The van der Waals surface area contributed by atoms with E-state index in [1.54, 1.807) is 41.0 Å². The van der Waals surface area contributed by atoms with Crippen LogP contribution in [0.2, 0.25) is 5.02 Å². The SMILES string of the molecule is CCNC(=O)N1CCN(C(=O)C(C)Oc2ccc(Cl)cc2)CC1. The van der Waals surface area contributed by atoms with Crippen LogP contribution in [0.15, 0.2) is 24.3 Å². The molecule has 0 aromatic heterocycles. The van der Waals surface area contributed by atoms with Crippen LogP contribution in [0.5, 0.6) is 5.75 Å². The molecule has 1 unspecified atom stereocenters. The third kappa shape index (κ3) is 4.76. The molecule has 0 radical (unpaired) electrons. The van der Waals surface area contributed by atoms with Gasteiger partial charge in [-0.3, -0.25) is 4.79 Å². The van der Waals surface area contributed by atoms with Gasteiger partial charge in [-0.15, -0.1) is 0 Å². The summed E-state index contributed by atoms with van der Waals surface area (Å²) in [6.07, 6.45) is -0.577. The molecule has 1 fully saturated rings. The molecule has 2 rings (SSSR count). The normalized spacial score (nSPS) is 16.0. The van der Waals surface area contributed by atoms with Gasteiger partial charge in [-0.1, -0.05) is 11.6 Å². The van der Waals surface area contributed by atoms with Crippen LogP contribution in [0.25, 0.3) is 0 Å². The number of amides is 3. The molecule has 0 aliphatic carbocycles. The van der Waals surface area contributed by atoms with E-state index >= 15 is 0 Å². The molecule has 23 heavy (non-hydrogen) atoms. The van der Waals surface area contributed by atoms with E-state index in [0.717, 1.165) is 0 Å². The van der Waals surface area contributed by atoms with Gasteiger partial charge in [0.25, 0.3) is 5.91 Å². The predicted octanol–water partition coefficient (Wildman–Crippen LogP) is 1.98. The van der Waals surface area contributed by atoms with Crippen LogP contribution in [0.3, 0.4) is 0 Å². The number of nitrogens with one attached hydrogen (secondary N) is 1. The lowest BCUT2D eigenvalue weighted by atomic mass is 10.2. The highest BCUT2D eigenvalue weighted by molar-refractivity contribution is 6.30. The van der Waals surface area contributed by atoms with Crippen molar-refractivity contribution in [2.24, 2.45) is 0 Å². The predicted molar refractivity (Wildman–Crippen MR) is 88.8 cm³/mol. The van der Waals surface area contributed by atoms with E-state index in [1.807, 2.05) is 6.92 Å². The summed E-state index contributed by atoms with van der Waals surface area (Å²) in [4.78, 5) is 27.6. The molecule has 1 atom stereocenters. The second-order valence-corrected chi connectivity index (χ2v) is 5.80. The van der Waals surface area contributed by atoms with Crippen LogP contribution < -0.4 is 10.1 Å². The lowest BCUT2D eigenvalue weighted by Gasteiger charge is -2.35. The average molecular weight is 340 g/mol.